The van der Waals surface area contributed by atoms with Crippen molar-refractivity contribution in [3.05, 3.63) is 53.2 Å². The van der Waals surface area contributed by atoms with Gasteiger partial charge in [0.1, 0.15) is 11.6 Å². The van der Waals surface area contributed by atoms with E-state index in [0.717, 1.165) is 30.7 Å². The largest absolute Gasteiger partial charge is 0.440 e. The zero-order chi connectivity index (χ0) is 23.4. The molecule has 1 amide bonds. The number of thiophene rings is 1. The number of rotatable bonds is 6. The van der Waals surface area contributed by atoms with E-state index in [9.17, 15) is 13.2 Å². The van der Waals surface area contributed by atoms with Gasteiger partial charge in [-0.2, -0.15) is 8.42 Å². The van der Waals surface area contributed by atoms with Gasteiger partial charge >= 0.3 is 0 Å². The molecule has 3 aromatic rings. The van der Waals surface area contributed by atoms with Gasteiger partial charge in [-0.15, -0.1) is 15.7 Å². The van der Waals surface area contributed by atoms with Crippen molar-refractivity contribution in [1.29, 1.82) is 0 Å². The van der Waals surface area contributed by atoms with Crippen LogP contribution < -0.4 is 5.32 Å². The molecule has 1 aliphatic heterocycles. The Morgan fingerprint density at radius 2 is 2.09 bits per heavy atom. The fourth-order valence-electron chi connectivity index (χ4n) is 3.62. The second-order valence-corrected chi connectivity index (χ2v) is 10.5. The summed E-state index contributed by atoms with van der Waals surface area (Å²) in [5, 5.41) is 4.69. The number of aromatic nitrogens is 1. The molecule has 1 aliphatic rings. The van der Waals surface area contributed by atoms with Crippen LogP contribution in [0.2, 0.25) is 0 Å². The Balaban J connectivity index is 1.47. The number of aryl methyl sites for hydroxylation is 1. The van der Waals surface area contributed by atoms with Gasteiger partial charge in [0.05, 0.1) is 21.9 Å². The van der Waals surface area contributed by atoms with Crippen molar-refractivity contribution < 1.29 is 17.6 Å². The summed E-state index contributed by atoms with van der Waals surface area (Å²) in [5.74, 6) is 1.33. The van der Waals surface area contributed by atoms with E-state index in [2.05, 4.69) is 14.7 Å². The van der Waals surface area contributed by atoms with E-state index < -0.39 is 10.0 Å². The first kappa shape index (κ1) is 23.2. The summed E-state index contributed by atoms with van der Waals surface area (Å²) in [6.07, 6.45) is 3.66. The van der Waals surface area contributed by atoms with Crippen molar-refractivity contribution in [2.75, 3.05) is 18.9 Å². The average Bonchev–Trinajstić information content (AvgIpc) is 3.38. The predicted octanol–water partition coefficient (Wildman–Crippen LogP) is 4.49. The highest BCUT2D eigenvalue weighted by molar-refractivity contribution is 7.90. The molecule has 174 valence electrons. The standard InChI is InChI=1S/C23H26N4O4S2/c1-16-19(25-23(31-16)20-10-7-13-32-20)15-22(28)24-17-8-6-9-18(14-17)33(29,30)26-21-11-4-3-5-12-27(21)2/h6-10,13-14H,3-5,11-12,15H2,1-2H3,(H,24,28)/b26-21+. The summed E-state index contributed by atoms with van der Waals surface area (Å²) in [6.45, 7) is 2.56. The fourth-order valence-corrected chi connectivity index (χ4v) is 5.41. The third kappa shape index (κ3) is 5.69. The van der Waals surface area contributed by atoms with E-state index in [4.69, 9.17) is 4.42 Å². The number of sulfonamides is 1. The van der Waals surface area contributed by atoms with Crippen molar-refractivity contribution in [2.24, 2.45) is 4.40 Å². The highest BCUT2D eigenvalue weighted by Gasteiger charge is 2.20. The summed E-state index contributed by atoms with van der Waals surface area (Å²) < 4.78 is 35.6. The molecule has 0 radical (unpaired) electrons. The molecular formula is C23H26N4O4S2. The van der Waals surface area contributed by atoms with Crippen molar-refractivity contribution >= 4 is 38.8 Å². The number of amidine groups is 1. The van der Waals surface area contributed by atoms with Crippen LogP contribution in [0.1, 0.15) is 37.1 Å². The summed E-state index contributed by atoms with van der Waals surface area (Å²) in [4.78, 5) is 19.9. The lowest BCUT2D eigenvalue weighted by Crippen LogP contribution is -2.26. The molecule has 0 atom stereocenters. The first-order chi connectivity index (χ1) is 15.8. The van der Waals surface area contributed by atoms with Crippen molar-refractivity contribution in [3.63, 3.8) is 0 Å². The van der Waals surface area contributed by atoms with Gasteiger partial charge in [-0.25, -0.2) is 4.98 Å². The molecule has 1 fully saturated rings. The monoisotopic (exact) mass is 486 g/mol. The molecule has 1 saturated heterocycles. The Kier molecular flexibility index (Phi) is 6.94. The number of nitrogens with zero attached hydrogens (tertiary/aromatic N) is 3. The number of amides is 1. The minimum absolute atomic E-state index is 0.0186. The second-order valence-electron chi connectivity index (χ2n) is 7.97. The van der Waals surface area contributed by atoms with E-state index in [1.165, 1.54) is 23.5 Å². The number of nitrogens with one attached hydrogen (secondary N) is 1. The van der Waals surface area contributed by atoms with Crippen molar-refractivity contribution in [3.8, 4) is 10.8 Å². The third-order valence-corrected chi connectivity index (χ3v) is 7.59. The summed E-state index contributed by atoms with van der Waals surface area (Å²) in [5.41, 5.74) is 0.928. The molecule has 1 aromatic carbocycles. The number of hydrogen-bond donors (Lipinski definition) is 1. The van der Waals surface area contributed by atoms with Crippen LogP contribution in [0.4, 0.5) is 5.69 Å². The van der Waals surface area contributed by atoms with Gasteiger partial charge in [0, 0.05) is 25.7 Å². The molecule has 0 spiro atoms. The van der Waals surface area contributed by atoms with Gasteiger partial charge < -0.3 is 14.6 Å². The summed E-state index contributed by atoms with van der Waals surface area (Å²) >= 11 is 1.51. The zero-order valence-electron chi connectivity index (χ0n) is 18.6. The fraction of sp³-hybridized carbons (Fsp3) is 0.348. The molecule has 4 rings (SSSR count). The van der Waals surface area contributed by atoms with Crippen LogP contribution in [0.25, 0.3) is 10.8 Å². The minimum atomic E-state index is -3.89. The minimum Gasteiger partial charge on any atom is -0.440 e. The van der Waals surface area contributed by atoms with Crippen molar-refractivity contribution in [2.45, 2.75) is 43.9 Å². The number of benzene rings is 1. The molecule has 0 unspecified atom stereocenters. The number of carbonyl (C=O) groups excluding carboxylic acids is 1. The number of hydrogen-bond acceptors (Lipinski definition) is 6. The number of likely N-dealkylation sites (tertiary alicyclic amines) is 1. The van der Waals surface area contributed by atoms with Crippen LogP contribution in [-0.2, 0) is 21.2 Å². The van der Waals surface area contributed by atoms with Crippen LogP contribution in [0, 0.1) is 6.92 Å². The normalized spacial score (nSPS) is 16.1. The molecule has 3 heterocycles. The molecule has 0 bridgehead atoms. The molecule has 0 saturated carbocycles. The molecule has 8 nitrogen and oxygen atoms in total. The van der Waals surface area contributed by atoms with Crippen LogP contribution in [0.5, 0.6) is 0 Å². The summed E-state index contributed by atoms with van der Waals surface area (Å²) in [6, 6.07) is 9.97. The first-order valence-corrected chi connectivity index (χ1v) is 13.1. The van der Waals surface area contributed by atoms with E-state index in [0.29, 0.717) is 35.3 Å². The van der Waals surface area contributed by atoms with E-state index in [1.807, 2.05) is 29.5 Å². The topological polar surface area (TPSA) is 105 Å². The van der Waals surface area contributed by atoms with Gasteiger partial charge in [0.2, 0.25) is 11.8 Å². The van der Waals surface area contributed by atoms with E-state index in [1.54, 1.807) is 19.1 Å². The highest BCUT2D eigenvalue weighted by atomic mass is 32.2. The molecule has 2 aromatic heterocycles. The van der Waals surface area contributed by atoms with Gasteiger partial charge in [0.25, 0.3) is 10.0 Å². The lowest BCUT2D eigenvalue weighted by atomic mass is 10.2. The maximum Gasteiger partial charge on any atom is 0.284 e. The average molecular weight is 487 g/mol. The molecule has 10 heteroatoms. The Bertz CT molecular complexity index is 1260. The summed E-state index contributed by atoms with van der Waals surface area (Å²) in [7, 11) is -2.02. The third-order valence-electron chi connectivity index (χ3n) is 5.43. The van der Waals surface area contributed by atoms with Gasteiger partial charge in [0.15, 0.2) is 0 Å². The lowest BCUT2D eigenvalue weighted by molar-refractivity contribution is -0.115. The van der Waals surface area contributed by atoms with Crippen LogP contribution >= 0.6 is 11.3 Å². The van der Waals surface area contributed by atoms with Crippen LogP contribution in [0.15, 0.2) is 55.5 Å². The Morgan fingerprint density at radius 3 is 2.88 bits per heavy atom. The second kappa shape index (κ2) is 9.88. The molecular weight excluding hydrogens is 460 g/mol. The van der Waals surface area contributed by atoms with E-state index in [-0.39, 0.29) is 17.2 Å². The first-order valence-electron chi connectivity index (χ1n) is 10.8. The Morgan fingerprint density at radius 1 is 1.24 bits per heavy atom. The smallest absolute Gasteiger partial charge is 0.284 e. The number of oxazole rings is 1. The van der Waals surface area contributed by atoms with Gasteiger partial charge in [-0.05, 0) is 49.4 Å². The molecule has 33 heavy (non-hydrogen) atoms. The predicted molar refractivity (Wildman–Crippen MR) is 129 cm³/mol. The SMILES string of the molecule is Cc1oc(-c2cccs2)nc1CC(=O)Nc1cccc(S(=O)(=O)/N=C2\CCCCCN2C)c1. The van der Waals surface area contributed by atoms with E-state index >= 15 is 0 Å². The Labute approximate surface area is 197 Å². The van der Waals surface area contributed by atoms with Crippen LogP contribution in [-0.4, -0.2) is 43.6 Å². The maximum absolute atomic E-state index is 12.9. The van der Waals surface area contributed by atoms with Gasteiger partial charge in [-0.3, -0.25) is 4.79 Å². The maximum atomic E-state index is 12.9. The Hall–Kier alpha value is -2.98. The van der Waals surface area contributed by atoms with Gasteiger partial charge in [-0.1, -0.05) is 18.6 Å². The molecule has 1 N–H and O–H groups in total. The van der Waals surface area contributed by atoms with Crippen LogP contribution in [0.3, 0.4) is 0 Å². The quantitative estimate of drug-likeness (QED) is 0.551. The molecule has 0 aliphatic carbocycles. The number of anilines is 1. The highest BCUT2D eigenvalue weighted by Crippen LogP contribution is 2.26. The zero-order valence-corrected chi connectivity index (χ0v) is 20.2. The number of carbonyl (C=O) groups is 1. The van der Waals surface area contributed by atoms with Crippen molar-refractivity contribution in [1.82, 2.24) is 9.88 Å². The lowest BCUT2D eigenvalue weighted by Gasteiger charge is -2.17.